The molecule has 0 unspecified atom stereocenters. The Morgan fingerprint density at radius 3 is 1.52 bits per heavy atom. The Morgan fingerprint density at radius 1 is 0.606 bits per heavy atom. The highest BCUT2D eigenvalue weighted by molar-refractivity contribution is 5.47. The predicted molar refractivity (Wildman–Crippen MR) is 142 cm³/mol. The van der Waals surface area contributed by atoms with Crippen LogP contribution >= 0.6 is 0 Å². The van der Waals surface area contributed by atoms with Crippen LogP contribution in [-0.4, -0.2) is 14.8 Å². The molecule has 0 saturated carbocycles. The quantitative estimate of drug-likeness (QED) is 0.207. The summed E-state index contributed by atoms with van der Waals surface area (Å²) in [7, 11) is 0. The van der Waals surface area contributed by atoms with Crippen LogP contribution < -0.4 is 0 Å². The van der Waals surface area contributed by atoms with Crippen LogP contribution in [-0.2, 0) is 12.8 Å². The zero-order valence-electron chi connectivity index (χ0n) is 21.5. The molecule has 33 heavy (non-hydrogen) atoms. The molecule has 0 aliphatic carbocycles. The first-order valence-electron chi connectivity index (χ1n) is 13.9. The van der Waals surface area contributed by atoms with Crippen LogP contribution in [0.1, 0.15) is 128 Å². The molecular weight excluding hydrogens is 406 g/mol. The van der Waals surface area contributed by atoms with Gasteiger partial charge in [-0.25, -0.2) is 0 Å². The van der Waals surface area contributed by atoms with Gasteiger partial charge in [-0.15, -0.1) is 0 Å². The second-order valence-electron chi connectivity index (χ2n) is 9.76. The number of benzene rings is 1. The highest BCUT2D eigenvalue weighted by Crippen LogP contribution is 2.32. The van der Waals surface area contributed by atoms with Crippen LogP contribution in [0.4, 0.5) is 0 Å². The van der Waals surface area contributed by atoms with Crippen LogP contribution in [0.15, 0.2) is 30.3 Å². The summed E-state index contributed by atoms with van der Waals surface area (Å²) in [4.78, 5) is 0. The number of hydrogen-bond donors (Lipinski definition) is 2. The van der Waals surface area contributed by atoms with E-state index in [2.05, 4.69) is 13.8 Å². The average Bonchev–Trinajstić information content (AvgIpc) is 3.11. The van der Waals surface area contributed by atoms with E-state index < -0.39 is 0 Å². The first-order chi connectivity index (χ1) is 16.2. The maximum absolute atomic E-state index is 10.6. The summed E-state index contributed by atoms with van der Waals surface area (Å²) >= 11 is 0. The zero-order valence-corrected chi connectivity index (χ0v) is 21.5. The number of aromatic hydroxyl groups is 2. The maximum atomic E-state index is 10.6. The normalized spacial score (nSPS) is 11.3. The van der Waals surface area contributed by atoms with Crippen molar-refractivity contribution in [3.63, 3.8) is 0 Å². The molecule has 2 rings (SSSR count). The van der Waals surface area contributed by atoms with Crippen molar-refractivity contribution in [2.75, 3.05) is 0 Å². The van der Waals surface area contributed by atoms with Gasteiger partial charge in [0.2, 0.25) is 5.88 Å². The Hall–Kier alpha value is -1.90. The molecule has 3 nitrogen and oxygen atoms in total. The number of rotatable bonds is 19. The van der Waals surface area contributed by atoms with E-state index in [9.17, 15) is 10.2 Å². The minimum atomic E-state index is 0.114. The summed E-state index contributed by atoms with van der Waals surface area (Å²) in [5, 5.41) is 20.9. The fourth-order valence-electron chi connectivity index (χ4n) is 4.72. The first-order valence-corrected chi connectivity index (χ1v) is 13.9. The van der Waals surface area contributed by atoms with Gasteiger partial charge >= 0.3 is 0 Å². The van der Waals surface area contributed by atoms with Crippen LogP contribution in [0.25, 0.3) is 5.69 Å². The van der Waals surface area contributed by atoms with Gasteiger partial charge in [-0.2, -0.15) is 0 Å². The molecule has 1 aromatic carbocycles. The minimum Gasteiger partial charge on any atom is -0.494 e. The fraction of sp³-hybridized carbons (Fsp3) is 0.667. The lowest BCUT2D eigenvalue weighted by Crippen LogP contribution is -1.94. The summed E-state index contributed by atoms with van der Waals surface area (Å²) in [6.07, 6.45) is 23.5. The number of nitrogens with zero attached hydrogens (tertiary/aromatic N) is 1. The van der Waals surface area contributed by atoms with E-state index in [1.807, 2.05) is 24.3 Å². The third-order valence-corrected chi connectivity index (χ3v) is 6.93. The van der Waals surface area contributed by atoms with Crippen LogP contribution in [0.5, 0.6) is 11.8 Å². The molecule has 1 aromatic heterocycles. The van der Waals surface area contributed by atoms with Crippen molar-refractivity contribution in [3.05, 3.63) is 41.5 Å². The summed E-state index contributed by atoms with van der Waals surface area (Å²) in [6, 6.07) is 9.72. The van der Waals surface area contributed by atoms with Gasteiger partial charge in [-0.05, 0) is 37.0 Å². The van der Waals surface area contributed by atoms with Gasteiger partial charge in [0.15, 0.2) is 5.88 Å². The molecule has 0 aliphatic rings. The smallest absolute Gasteiger partial charge is 0.201 e. The van der Waals surface area contributed by atoms with E-state index in [-0.39, 0.29) is 11.8 Å². The number of unbranched alkanes of at least 4 members (excludes halogenated alkanes) is 15. The van der Waals surface area contributed by atoms with E-state index in [1.54, 1.807) is 10.6 Å². The van der Waals surface area contributed by atoms with Gasteiger partial charge in [0, 0.05) is 11.6 Å². The third-order valence-electron chi connectivity index (χ3n) is 6.93. The Bertz CT molecular complexity index is 747. The third kappa shape index (κ3) is 10.3. The van der Waals surface area contributed by atoms with Gasteiger partial charge < -0.3 is 10.2 Å². The molecule has 2 N–H and O–H groups in total. The lowest BCUT2D eigenvalue weighted by Gasteiger charge is -2.08. The molecule has 1 heterocycles. The van der Waals surface area contributed by atoms with Crippen molar-refractivity contribution in [3.8, 4) is 17.4 Å². The molecule has 0 saturated heterocycles. The highest BCUT2D eigenvalue weighted by Gasteiger charge is 2.15. The lowest BCUT2D eigenvalue weighted by atomic mass is 10.0. The minimum absolute atomic E-state index is 0.114. The lowest BCUT2D eigenvalue weighted by molar-refractivity contribution is 0.400. The summed E-state index contributed by atoms with van der Waals surface area (Å²) < 4.78 is 1.54. The van der Waals surface area contributed by atoms with Crippen molar-refractivity contribution in [1.29, 1.82) is 0 Å². The van der Waals surface area contributed by atoms with Crippen molar-refractivity contribution >= 4 is 0 Å². The molecule has 0 spiro atoms. The Labute approximate surface area is 203 Å². The van der Waals surface area contributed by atoms with E-state index >= 15 is 0 Å². The zero-order chi connectivity index (χ0) is 23.7. The Morgan fingerprint density at radius 2 is 1.06 bits per heavy atom. The largest absolute Gasteiger partial charge is 0.494 e. The fourth-order valence-corrected chi connectivity index (χ4v) is 4.72. The molecular formula is C30H49NO2. The maximum Gasteiger partial charge on any atom is 0.201 e. The molecule has 0 amide bonds. The molecule has 0 fully saturated rings. The predicted octanol–water partition coefficient (Wildman–Crippen LogP) is 9.25. The van der Waals surface area contributed by atoms with Crippen LogP contribution in [0, 0.1) is 0 Å². The molecule has 2 aromatic rings. The van der Waals surface area contributed by atoms with Crippen molar-refractivity contribution in [1.82, 2.24) is 4.57 Å². The van der Waals surface area contributed by atoms with Gasteiger partial charge in [0.1, 0.15) is 0 Å². The van der Waals surface area contributed by atoms with Gasteiger partial charge in [-0.3, -0.25) is 4.57 Å². The second-order valence-corrected chi connectivity index (χ2v) is 9.76. The monoisotopic (exact) mass is 455 g/mol. The van der Waals surface area contributed by atoms with Crippen molar-refractivity contribution in [2.24, 2.45) is 0 Å². The SMILES string of the molecule is CCCCCCCCCCCCCCCCCCc1cc(O)n(-c2ccc(CC)cc2)c1O. The van der Waals surface area contributed by atoms with E-state index in [0.29, 0.717) is 0 Å². The van der Waals surface area contributed by atoms with Gasteiger partial charge in [0.05, 0.1) is 5.69 Å². The van der Waals surface area contributed by atoms with Gasteiger partial charge in [0.25, 0.3) is 0 Å². The number of aryl methyl sites for hydroxylation is 2. The molecule has 0 aliphatic heterocycles. The number of hydrogen-bond acceptors (Lipinski definition) is 2. The molecule has 0 atom stereocenters. The van der Waals surface area contributed by atoms with Crippen LogP contribution in [0.2, 0.25) is 0 Å². The number of aromatic nitrogens is 1. The summed E-state index contributed by atoms with van der Waals surface area (Å²) in [6.45, 7) is 4.40. The van der Waals surface area contributed by atoms with E-state index in [0.717, 1.165) is 30.5 Å². The Kier molecular flexibility index (Phi) is 13.8. The van der Waals surface area contributed by atoms with Crippen molar-refractivity contribution < 1.29 is 10.2 Å². The average molecular weight is 456 g/mol. The van der Waals surface area contributed by atoms with Gasteiger partial charge in [-0.1, -0.05) is 122 Å². The first kappa shape index (κ1) is 27.3. The van der Waals surface area contributed by atoms with Crippen molar-refractivity contribution in [2.45, 2.75) is 129 Å². The standard InChI is InChI=1S/C30H49NO2/c1-3-5-6-7-8-9-10-11-12-13-14-15-16-17-18-19-20-27-25-29(32)31(30(27)33)28-23-21-26(4-2)22-24-28/h21-25,32-33H,3-20H2,1-2H3. The molecule has 3 heteroatoms. The van der Waals surface area contributed by atoms with Crippen LogP contribution in [0.3, 0.4) is 0 Å². The summed E-state index contributed by atoms with van der Waals surface area (Å²) in [5.41, 5.74) is 2.90. The molecule has 186 valence electrons. The van der Waals surface area contributed by atoms with E-state index in [1.165, 1.54) is 102 Å². The highest BCUT2D eigenvalue weighted by atomic mass is 16.3. The molecule has 0 radical (unpaired) electrons. The second kappa shape index (κ2) is 16.7. The van der Waals surface area contributed by atoms with E-state index in [4.69, 9.17) is 0 Å². The topological polar surface area (TPSA) is 45.4 Å². The Balaban J connectivity index is 1.50. The molecule has 0 bridgehead atoms. The summed E-state index contributed by atoms with van der Waals surface area (Å²) in [5.74, 6) is 0.293.